The zero-order chi connectivity index (χ0) is 17.1. The SMILES string of the molecule is O=C(c1ccc(-n2cnnc2)cc1)N1CCOCC2(CCOCC2)C1. The number of hydrogen-bond acceptors (Lipinski definition) is 5. The van der Waals surface area contributed by atoms with Crippen molar-refractivity contribution in [3.8, 4) is 5.69 Å². The molecule has 2 saturated heterocycles. The summed E-state index contributed by atoms with van der Waals surface area (Å²) in [5, 5.41) is 7.60. The normalized spacial score (nSPS) is 20.4. The Labute approximate surface area is 146 Å². The number of amides is 1. The van der Waals surface area contributed by atoms with Crippen LogP contribution in [0.15, 0.2) is 36.9 Å². The molecule has 0 N–H and O–H groups in total. The van der Waals surface area contributed by atoms with Gasteiger partial charge < -0.3 is 14.4 Å². The standard InChI is InChI=1S/C18H22N4O3/c23-17(15-1-3-16(4-2-15)22-13-19-20-14-22)21-7-10-25-12-18(11-21)5-8-24-9-6-18/h1-4,13-14H,5-12H2. The molecule has 2 aliphatic rings. The quantitative estimate of drug-likeness (QED) is 0.828. The summed E-state index contributed by atoms with van der Waals surface area (Å²) in [5.74, 6) is 0.0617. The molecule has 25 heavy (non-hydrogen) atoms. The molecule has 1 aromatic carbocycles. The monoisotopic (exact) mass is 342 g/mol. The van der Waals surface area contributed by atoms with Crippen LogP contribution in [0.25, 0.3) is 5.69 Å². The molecule has 1 amide bonds. The first-order valence-corrected chi connectivity index (χ1v) is 8.66. The van der Waals surface area contributed by atoms with E-state index in [1.165, 1.54) is 0 Å². The summed E-state index contributed by atoms with van der Waals surface area (Å²) < 4.78 is 13.1. The van der Waals surface area contributed by atoms with Crippen LogP contribution < -0.4 is 0 Å². The van der Waals surface area contributed by atoms with Gasteiger partial charge >= 0.3 is 0 Å². The van der Waals surface area contributed by atoms with Crippen molar-refractivity contribution in [2.45, 2.75) is 12.8 Å². The van der Waals surface area contributed by atoms with E-state index in [1.807, 2.05) is 33.7 Å². The van der Waals surface area contributed by atoms with Gasteiger partial charge in [-0.25, -0.2) is 0 Å². The molecule has 7 heteroatoms. The van der Waals surface area contributed by atoms with Gasteiger partial charge in [0.25, 0.3) is 5.91 Å². The number of hydrogen-bond donors (Lipinski definition) is 0. The van der Waals surface area contributed by atoms with E-state index in [1.54, 1.807) is 12.7 Å². The lowest BCUT2D eigenvalue weighted by molar-refractivity contribution is -0.0304. The van der Waals surface area contributed by atoms with Crippen molar-refractivity contribution in [3.05, 3.63) is 42.5 Å². The van der Waals surface area contributed by atoms with Crippen LogP contribution in [0.2, 0.25) is 0 Å². The molecule has 1 spiro atoms. The molecular weight excluding hydrogens is 320 g/mol. The van der Waals surface area contributed by atoms with Gasteiger partial charge in [0, 0.05) is 43.0 Å². The number of aromatic nitrogens is 3. The molecule has 0 saturated carbocycles. The molecule has 1 aromatic heterocycles. The molecule has 132 valence electrons. The number of rotatable bonds is 2. The highest BCUT2D eigenvalue weighted by Crippen LogP contribution is 2.33. The fourth-order valence-electron chi connectivity index (χ4n) is 3.57. The first-order valence-electron chi connectivity index (χ1n) is 8.66. The van der Waals surface area contributed by atoms with Crippen molar-refractivity contribution in [1.29, 1.82) is 0 Å². The van der Waals surface area contributed by atoms with Gasteiger partial charge in [-0.3, -0.25) is 9.36 Å². The molecule has 0 atom stereocenters. The second-order valence-corrected chi connectivity index (χ2v) is 6.81. The third-order valence-corrected chi connectivity index (χ3v) is 5.11. The lowest BCUT2D eigenvalue weighted by atomic mass is 9.80. The zero-order valence-corrected chi connectivity index (χ0v) is 14.1. The van der Waals surface area contributed by atoms with Crippen molar-refractivity contribution in [2.24, 2.45) is 5.41 Å². The van der Waals surface area contributed by atoms with Crippen LogP contribution >= 0.6 is 0 Å². The second kappa shape index (κ2) is 6.93. The lowest BCUT2D eigenvalue weighted by Crippen LogP contribution is -2.44. The Bertz CT molecular complexity index is 708. The topological polar surface area (TPSA) is 69.5 Å². The highest BCUT2D eigenvalue weighted by Gasteiger charge is 2.38. The van der Waals surface area contributed by atoms with Crippen molar-refractivity contribution in [2.75, 3.05) is 39.5 Å². The van der Waals surface area contributed by atoms with E-state index in [9.17, 15) is 4.79 Å². The molecule has 7 nitrogen and oxygen atoms in total. The minimum atomic E-state index is 0.0346. The van der Waals surface area contributed by atoms with Gasteiger partial charge in [-0.15, -0.1) is 10.2 Å². The van der Waals surface area contributed by atoms with E-state index in [0.29, 0.717) is 25.3 Å². The number of benzene rings is 1. The van der Waals surface area contributed by atoms with Crippen LogP contribution in [0, 0.1) is 5.41 Å². The van der Waals surface area contributed by atoms with Gasteiger partial charge in [-0.05, 0) is 37.1 Å². The first-order chi connectivity index (χ1) is 12.3. The van der Waals surface area contributed by atoms with Crippen LogP contribution in [-0.4, -0.2) is 65.1 Å². The molecular formula is C18H22N4O3. The van der Waals surface area contributed by atoms with E-state index in [-0.39, 0.29) is 11.3 Å². The highest BCUT2D eigenvalue weighted by atomic mass is 16.5. The summed E-state index contributed by atoms with van der Waals surface area (Å²) >= 11 is 0. The average Bonchev–Trinajstić information content (AvgIpc) is 3.12. The van der Waals surface area contributed by atoms with Crippen LogP contribution in [0.4, 0.5) is 0 Å². The smallest absolute Gasteiger partial charge is 0.253 e. The van der Waals surface area contributed by atoms with Gasteiger partial charge in [0.05, 0.1) is 13.2 Å². The Morgan fingerprint density at radius 2 is 1.72 bits per heavy atom. The summed E-state index contributed by atoms with van der Waals surface area (Å²) in [6, 6.07) is 7.55. The van der Waals surface area contributed by atoms with Crippen molar-refractivity contribution >= 4 is 5.91 Å². The van der Waals surface area contributed by atoms with Crippen molar-refractivity contribution in [3.63, 3.8) is 0 Å². The maximum Gasteiger partial charge on any atom is 0.253 e. The summed E-state index contributed by atoms with van der Waals surface area (Å²) in [6.45, 7) is 4.18. The van der Waals surface area contributed by atoms with Crippen LogP contribution in [-0.2, 0) is 9.47 Å². The minimum absolute atomic E-state index is 0.0346. The van der Waals surface area contributed by atoms with Gasteiger partial charge in [-0.2, -0.15) is 0 Å². The predicted octanol–water partition coefficient (Wildman–Crippen LogP) is 1.54. The van der Waals surface area contributed by atoms with Gasteiger partial charge in [-0.1, -0.05) is 0 Å². The van der Waals surface area contributed by atoms with Crippen molar-refractivity contribution < 1.29 is 14.3 Å². The highest BCUT2D eigenvalue weighted by molar-refractivity contribution is 5.94. The maximum absolute atomic E-state index is 13.0. The van der Waals surface area contributed by atoms with Crippen LogP contribution in [0.5, 0.6) is 0 Å². The second-order valence-electron chi connectivity index (χ2n) is 6.81. The van der Waals surface area contributed by atoms with E-state index < -0.39 is 0 Å². The fourth-order valence-corrected chi connectivity index (χ4v) is 3.57. The molecule has 0 unspecified atom stereocenters. The summed E-state index contributed by atoms with van der Waals surface area (Å²) in [6.07, 6.45) is 5.17. The van der Waals surface area contributed by atoms with Crippen LogP contribution in [0.3, 0.4) is 0 Å². The number of nitrogens with zero attached hydrogens (tertiary/aromatic N) is 4. The van der Waals surface area contributed by atoms with E-state index in [4.69, 9.17) is 9.47 Å². The molecule has 0 aliphatic carbocycles. The molecule has 0 bridgehead atoms. The lowest BCUT2D eigenvalue weighted by Gasteiger charge is -2.38. The fraction of sp³-hybridized carbons (Fsp3) is 0.500. The van der Waals surface area contributed by atoms with Gasteiger partial charge in [0.1, 0.15) is 12.7 Å². The van der Waals surface area contributed by atoms with Gasteiger partial charge in [0.15, 0.2) is 0 Å². The van der Waals surface area contributed by atoms with Crippen LogP contribution in [0.1, 0.15) is 23.2 Å². The number of carbonyl (C=O) groups is 1. The molecule has 2 fully saturated rings. The third kappa shape index (κ3) is 3.43. The maximum atomic E-state index is 13.0. The minimum Gasteiger partial charge on any atom is -0.381 e. The Hall–Kier alpha value is -2.25. The largest absolute Gasteiger partial charge is 0.381 e. The number of ether oxygens (including phenoxy) is 2. The molecule has 2 aromatic rings. The zero-order valence-electron chi connectivity index (χ0n) is 14.1. The Morgan fingerprint density at radius 1 is 1.00 bits per heavy atom. The Morgan fingerprint density at radius 3 is 2.44 bits per heavy atom. The summed E-state index contributed by atoms with van der Waals surface area (Å²) in [7, 11) is 0. The average molecular weight is 342 g/mol. The van der Waals surface area contributed by atoms with E-state index in [2.05, 4.69) is 10.2 Å². The Balaban J connectivity index is 1.51. The summed E-state index contributed by atoms with van der Waals surface area (Å²) in [5.41, 5.74) is 1.66. The first kappa shape index (κ1) is 16.2. The molecule has 3 heterocycles. The van der Waals surface area contributed by atoms with Gasteiger partial charge in [0.2, 0.25) is 0 Å². The molecule has 4 rings (SSSR count). The van der Waals surface area contributed by atoms with Crippen molar-refractivity contribution in [1.82, 2.24) is 19.7 Å². The third-order valence-electron chi connectivity index (χ3n) is 5.11. The molecule has 2 aliphatic heterocycles. The Kier molecular flexibility index (Phi) is 4.50. The van der Waals surface area contributed by atoms with E-state index >= 15 is 0 Å². The van der Waals surface area contributed by atoms with E-state index in [0.717, 1.165) is 38.3 Å². The number of carbonyl (C=O) groups excluding carboxylic acids is 1. The molecule has 0 radical (unpaired) electrons. The summed E-state index contributed by atoms with van der Waals surface area (Å²) in [4.78, 5) is 14.9. The predicted molar refractivity (Wildman–Crippen MR) is 90.6 cm³/mol.